The maximum atomic E-state index is 11.2. The number of amides is 1. The average molecular weight is 428 g/mol. The molecule has 1 aromatic rings. The van der Waals surface area contributed by atoms with Gasteiger partial charge in [0.25, 0.3) is 0 Å². The number of benzene rings is 1. The number of rotatable bonds is 8. The first-order valence-electron chi connectivity index (χ1n) is 9.78. The van der Waals surface area contributed by atoms with Gasteiger partial charge >= 0.3 is 0 Å². The van der Waals surface area contributed by atoms with E-state index in [2.05, 4.69) is 20.1 Å². The summed E-state index contributed by atoms with van der Waals surface area (Å²) in [5.41, 5.74) is 6.47. The molecule has 0 aromatic heterocycles. The Labute approximate surface area is 178 Å². The fourth-order valence-electron chi connectivity index (χ4n) is 3.47. The van der Waals surface area contributed by atoms with Crippen molar-refractivity contribution in [3.8, 4) is 0 Å². The van der Waals surface area contributed by atoms with Crippen LogP contribution in [0.25, 0.3) is 0 Å². The third-order valence-corrected chi connectivity index (χ3v) is 5.89. The van der Waals surface area contributed by atoms with Crippen molar-refractivity contribution in [3.05, 3.63) is 33.8 Å². The van der Waals surface area contributed by atoms with Crippen LogP contribution in [0.5, 0.6) is 0 Å². The second-order valence-electron chi connectivity index (χ2n) is 7.30. The number of hydrogen-bond donors (Lipinski definition) is 2. The number of guanidine groups is 1. The van der Waals surface area contributed by atoms with Crippen LogP contribution in [0.1, 0.15) is 31.2 Å². The zero-order valence-corrected chi connectivity index (χ0v) is 18.3. The lowest BCUT2D eigenvalue weighted by molar-refractivity contribution is -0.123. The molecule has 0 radical (unpaired) electrons. The van der Waals surface area contributed by atoms with Crippen LogP contribution in [0.2, 0.25) is 10.0 Å². The number of nitrogens with two attached hydrogens (primary N) is 1. The Balaban J connectivity index is 1.65. The molecule has 1 aliphatic heterocycles. The molecule has 1 heterocycles. The van der Waals surface area contributed by atoms with Crippen LogP contribution in [-0.2, 0) is 11.3 Å². The Hall–Kier alpha value is -1.50. The fourth-order valence-corrected chi connectivity index (χ4v) is 3.79. The molecular weight excluding hydrogens is 397 g/mol. The highest BCUT2D eigenvalue weighted by Crippen LogP contribution is 2.23. The van der Waals surface area contributed by atoms with Gasteiger partial charge in [-0.1, -0.05) is 29.3 Å². The van der Waals surface area contributed by atoms with Crippen LogP contribution in [0.4, 0.5) is 0 Å². The fraction of sp³-hybridized carbons (Fsp3) is 0.600. The number of piperidine rings is 1. The van der Waals surface area contributed by atoms with E-state index in [0.717, 1.165) is 63.4 Å². The largest absolute Gasteiger partial charge is 0.369 e. The first-order chi connectivity index (χ1) is 13.4. The van der Waals surface area contributed by atoms with Gasteiger partial charge in [-0.05, 0) is 63.0 Å². The number of halogens is 2. The lowest BCUT2D eigenvalue weighted by Gasteiger charge is -2.30. The third kappa shape index (κ3) is 7.15. The monoisotopic (exact) mass is 427 g/mol. The van der Waals surface area contributed by atoms with Crippen molar-refractivity contribution in [2.75, 3.05) is 40.3 Å². The number of nitrogens with one attached hydrogen (secondary N) is 1. The van der Waals surface area contributed by atoms with E-state index in [9.17, 15) is 4.79 Å². The van der Waals surface area contributed by atoms with Gasteiger partial charge < -0.3 is 20.9 Å². The average Bonchev–Trinajstić information content (AvgIpc) is 2.67. The molecular formula is C20H31Cl2N5O. The molecule has 0 saturated carbocycles. The molecule has 1 amide bonds. The van der Waals surface area contributed by atoms with Crippen LogP contribution >= 0.6 is 23.2 Å². The molecule has 0 aliphatic carbocycles. The first kappa shape index (κ1) is 22.8. The van der Waals surface area contributed by atoms with Crippen LogP contribution in [0.3, 0.4) is 0 Å². The summed E-state index contributed by atoms with van der Waals surface area (Å²) < 4.78 is 0. The van der Waals surface area contributed by atoms with Crippen molar-refractivity contribution in [3.63, 3.8) is 0 Å². The summed E-state index contributed by atoms with van der Waals surface area (Å²) in [6.07, 6.45) is 3.95. The summed E-state index contributed by atoms with van der Waals surface area (Å²) in [7, 11) is 3.79. The summed E-state index contributed by atoms with van der Waals surface area (Å²) in [4.78, 5) is 20.1. The Bertz CT molecular complexity index is 675. The molecule has 8 heteroatoms. The SMILES string of the molecule is CN=C(NCCCCN1CCC(C(N)=O)CC1)N(C)Cc1ccc(Cl)c(Cl)c1. The summed E-state index contributed by atoms with van der Waals surface area (Å²) >= 11 is 12.1. The van der Waals surface area contributed by atoms with Crippen LogP contribution in [0.15, 0.2) is 23.2 Å². The third-order valence-electron chi connectivity index (χ3n) is 5.15. The van der Waals surface area contributed by atoms with Gasteiger partial charge in [-0.25, -0.2) is 0 Å². The predicted molar refractivity (Wildman–Crippen MR) is 117 cm³/mol. The van der Waals surface area contributed by atoms with Gasteiger partial charge in [0.1, 0.15) is 0 Å². The minimum atomic E-state index is -0.153. The van der Waals surface area contributed by atoms with E-state index in [4.69, 9.17) is 28.9 Å². The topological polar surface area (TPSA) is 74.0 Å². The summed E-state index contributed by atoms with van der Waals surface area (Å²) in [6, 6.07) is 5.67. The number of hydrogen-bond acceptors (Lipinski definition) is 3. The molecule has 0 unspecified atom stereocenters. The molecule has 1 saturated heterocycles. The smallest absolute Gasteiger partial charge is 0.220 e. The maximum absolute atomic E-state index is 11.2. The Morgan fingerprint density at radius 2 is 2.00 bits per heavy atom. The second-order valence-corrected chi connectivity index (χ2v) is 8.12. The minimum Gasteiger partial charge on any atom is -0.369 e. The van der Waals surface area contributed by atoms with Gasteiger partial charge in [0.05, 0.1) is 10.0 Å². The zero-order chi connectivity index (χ0) is 20.5. The number of likely N-dealkylation sites (tertiary alicyclic amines) is 1. The Kier molecular flexibility index (Phi) is 9.35. The van der Waals surface area contributed by atoms with E-state index in [1.165, 1.54) is 0 Å². The second kappa shape index (κ2) is 11.5. The van der Waals surface area contributed by atoms with Crippen molar-refractivity contribution in [2.45, 2.75) is 32.2 Å². The van der Waals surface area contributed by atoms with Gasteiger partial charge in [-0.3, -0.25) is 9.79 Å². The lowest BCUT2D eigenvalue weighted by Crippen LogP contribution is -2.40. The normalized spacial score (nSPS) is 16.2. The van der Waals surface area contributed by atoms with E-state index < -0.39 is 0 Å². The Morgan fingerprint density at radius 1 is 1.29 bits per heavy atom. The highest BCUT2D eigenvalue weighted by atomic mass is 35.5. The summed E-state index contributed by atoms with van der Waals surface area (Å²) in [5.74, 6) is 0.765. The highest BCUT2D eigenvalue weighted by molar-refractivity contribution is 6.42. The molecule has 28 heavy (non-hydrogen) atoms. The number of carbonyl (C=O) groups is 1. The van der Waals surface area contributed by atoms with Gasteiger partial charge in [0.15, 0.2) is 5.96 Å². The molecule has 1 aliphatic rings. The molecule has 2 rings (SSSR count). The van der Waals surface area contributed by atoms with E-state index >= 15 is 0 Å². The molecule has 0 atom stereocenters. The van der Waals surface area contributed by atoms with Crippen molar-refractivity contribution in [2.24, 2.45) is 16.6 Å². The molecule has 0 bridgehead atoms. The zero-order valence-electron chi connectivity index (χ0n) is 16.8. The molecule has 0 spiro atoms. The van der Waals surface area contributed by atoms with E-state index in [1.54, 1.807) is 7.05 Å². The standard InChI is InChI=1S/C20H31Cl2N5O/c1-24-20(26(2)14-15-5-6-17(21)18(22)13-15)25-9-3-4-10-27-11-7-16(8-12-27)19(23)28/h5-6,13,16H,3-4,7-12,14H2,1-2H3,(H2,23,28)(H,24,25). The highest BCUT2D eigenvalue weighted by Gasteiger charge is 2.22. The van der Waals surface area contributed by atoms with Gasteiger partial charge in [-0.15, -0.1) is 0 Å². The van der Waals surface area contributed by atoms with E-state index in [-0.39, 0.29) is 11.8 Å². The number of primary amides is 1. The van der Waals surface area contributed by atoms with Crippen molar-refractivity contribution < 1.29 is 4.79 Å². The molecule has 3 N–H and O–H groups in total. The quantitative estimate of drug-likeness (QED) is 0.379. The van der Waals surface area contributed by atoms with Crippen LogP contribution in [-0.4, -0.2) is 61.9 Å². The van der Waals surface area contributed by atoms with Crippen molar-refractivity contribution in [1.82, 2.24) is 15.1 Å². The number of carbonyl (C=O) groups excluding carboxylic acids is 1. The molecule has 6 nitrogen and oxygen atoms in total. The van der Waals surface area contributed by atoms with Crippen LogP contribution < -0.4 is 11.1 Å². The molecule has 156 valence electrons. The van der Waals surface area contributed by atoms with E-state index in [0.29, 0.717) is 16.6 Å². The predicted octanol–water partition coefficient (Wildman–Crippen LogP) is 2.98. The van der Waals surface area contributed by atoms with Gasteiger partial charge in [0, 0.05) is 33.1 Å². The number of aliphatic imine (C=N–C) groups is 1. The Morgan fingerprint density at radius 3 is 2.61 bits per heavy atom. The first-order valence-corrected chi connectivity index (χ1v) is 10.5. The maximum Gasteiger partial charge on any atom is 0.220 e. The lowest BCUT2D eigenvalue weighted by atomic mass is 9.96. The van der Waals surface area contributed by atoms with Crippen molar-refractivity contribution >= 4 is 35.1 Å². The van der Waals surface area contributed by atoms with Gasteiger partial charge in [-0.2, -0.15) is 0 Å². The number of nitrogens with zero attached hydrogens (tertiary/aromatic N) is 3. The molecule has 1 aromatic carbocycles. The van der Waals surface area contributed by atoms with E-state index in [1.807, 2.05) is 25.2 Å². The summed E-state index contributed by atoms with van der Waals surface area (Å²) in [5, 5.41) is 4.54. The van der Waals surface area contributed by atoms with Crippen LogP contribution in [0, 0.1) is 5.92 Å². The van der Waals surface area contributed by atoms with Crippen molar-refractivity contribution in [1.29, 1.82) is 0 Å². The molecule has 1 fully saturated rings. The minimum absolute atomic E-state index is 0.0623. The number of unbranched alkanes of at least 4 members (excludes halogenated alkanes) is 1. The van der Waals surface area contributed by atoms with Gasteiger partial charge in [0.2, 0.25) is 5.91 Å². The summed E-state index contributed by atoms with van der Waals surface area (Å²) in [6.45, 7) is 4.57.